The minimum Gasteiger partial charge on any atom is -0.497 e. The second-order valence-corrected chi connectivity index (χ2v) is 11.1. The number of methoxy groups -OCH3 is 1. The Hall–Kier alpha value is -3.51. The lowest BCUT2D eigenvalue weighted by Crippen LogP contribution is -2.34. The molecule has 0 spiro atoms. The largest absolute Gasteiger partial charge is 0.497 e. The van der Waals surface area contributed by atoms with Gasteiger partial charge in [0.05, 0.1) is 24.6 Å². The SMILES string of the molecule is COc1ccc2cc(C3CCN(CCCOc4cccc5oc(C6=NC(C)(C)CO6)cc45)CC3)ccc2c1. The number of hydrogen-bond acceptors (Lipinski definition) is 6. The highest BCUT2D eigenvalue weighted by Gasteiger charge is 2.29. The molecule has 4 aromatic rings. The van der Waals surface area contributed by atoms with E-state index in [0.29, 0.717) is 30.8 Å². The molecule has 0 saturated carbocycles. The highest BCUT2D eigenvalue weighted by Crippen LogP contribution is 2.33. The zero-order valence-corrected chi connectivity index (χ0v) is 22.5. The van der Waals surface area contributed by atoms with Gasteiger partial charge in [-0.2, -0.15) is 0 Å². The van der Waals surface area contributed by atoms with Crippen LogP contribution in [0.3, 0.4) is 0 Å². The second kappa shape index (κ2) is 10.3. The molecule has 2 aliphatic heterocycles. The molecule has 6 rings (SSSR count). The van der Waals surface area contributed by atoms with E-state index < -0.39 is 0 Å². The fourth-order valence-corrected chi connectivity index (χ4v) is 5.56. The number of piperidine rings is 1. The molecule has 3 aromatic carbocycles. The molecule has 6 nitrogen and oxygen atoms in total. The van der Waals surface area contributed by atoms with Crippen molar-refractivity contribution in [2.45, 2.75) is 44.6 Å². The zero-order chi connectivity index (χ0) is 26.1. The van der Waals surface area contributed by atoms with Crippen LogP contribution in [-0.2, 0) is 4.74 Å². The molecule has 2 aliphatic rings. The number of nitrogens with zero attached hydrogens (tertiary/aromatic N) is 2. The van der Waals surface area contributed by atoms with Crippen LogP contribution in [0.15, 0.2) is 70.1 Å². The van der Waals surface area contributed by atoms with Crippen LogP contribution in [0.4, 0.5) is 0 Å². The van der Waals surface area contributed by atoms with E-state index in [4.69, 9.17) is 18.6 Å². The van der Waals surface area contributed by atoms with Crippen molar-refractivity contribution in [2.75, 3.05) is 40.0 Å². The van der Waals surface area contributed by atoms with Gasteiger partial charge in [-0.15, -0.1) is 0 Å². The Bertz CT molecular complexity index is 1460. The first-order valence-electron chi connectivity index (χ1n) is 13.7. The summed E-state index contributed by atoms with van der Waals surface area (Å²) >= 11 is 0. The quantitative estimate of drug-likeness (QED) is 0.243. The molecule has 0 aliphatic carbocycles. The Morgan fingerprint density at radius 1 is 1.00 bits per heavy atom. The number of furan rings is 1. The molecule has 0 unspecified atom stereocenters. The lowest BCUT2D eigenvalue weighted by atomic mass is 9.88. The first-order valence-corrected chi connectivity index (χ1v) is 13.7. The minimum absolute atomic E-state index is 0.216. The monoisotopic (exact) mass is 512 g/mol. The summed E-state index contributed by atoms with van der Waals surface area (Å²) in [6.07, 6.45) is 3.39. The summed E-state index contributed by atoms with van der Waals surface area (Å²) in [6.45, 7) is 8.67. The number of benzene rings is 3. The van der Waals surface area contributed by atoms with Crippen LogP contribution < -0.4 is 9.47 Å². The summed E-state index contributed by atoms with van der Waals surface area (Å²) < 4.78 is 23.3. The lowest BCUT2D eigenvalue weighted by molar-refractivity contribution is 0.193. The van der Waals surface area contributed by atoms with Gasteiger partial charge >= 0.3 is 0 Å². The fraction of sp³-hybridized carbons (Fsp3) is 0.406. The third-order valence-electron chi connectivity index (χ3n) is 7.71. The molecule has 0 amide bonds. The van der Waals surface area contributed by atoms with Crippen LogP contribution in [0.1, 0.15) is 50.4 Å². The Labute approximate surface area is 224 Å². The number of aliphatic imine (C=N–C) groups is 1. The van der Waals surface area contributed by atoms with E-state index in [1.807, 2.05) is 30.3 Å². The normalized spacial score (nSPS) is 18.0. The molecule has 0 N–H and O–H groups in total. The summed E-state index contributed by atoms with van der Waals surface area (Å²) in [6, 6.07) is 21.1. The van der Waals surface area contributed by atoms with Crippen molar-refractivity contribution in [2.24, 2.45) is 4.99 Å². The van der Waals surface area contributed by atoms with Gasteiger partial charge in [0.25, 0.3) is 5.90 Å². The Kier molecular flexibility index (Phi) is 6.75. The molecule has 0 radical (unpaired) electrons. The van der Waals surface area contributed by atoms with Gasteiger partial charge in [0.2, 0.25) is 0 Å². The van der Waals surface area contributed by atoms with Crippen molar-refractivity contribution in [1.82, 2.24) is 4.90 Å². The second-order valence-electron chi connectivity index (χ2n) is 11.1. The molecule has 198 valence electrons. The van der Waals surface area contributed by atoms with Gasteiger partial charge in [-0.3, -0.25) is 0 Å². The molecule has 0 atom stereocenters. The van der Waals surface area contributed by atoms with Gasteiger partial charge in [0.15, 0.2) is 5.76 Å². The fourth-order valence-electron chi connectivity index (χ4n) is 5.56. The molecular formula is C32H36N2O4. The summed E-state index contributed by atoms with van der Waals surface area (Å²) in [7, 11) is 1.72. The molecule has 1 aromatic heterocycles. The van der Waals surface area contributed by atoms with Crippen molar-refractivity contribution >= 4 is 27.6 Å². The molecule has 0 bridgehead atoms. The van der Waals surface area contributed by atoms with Crippen LogP contribution in [0, 0.1) is 0 Å². The van der Waals surface area contributed by atoms with Gasteiger partial charge in [-0.05, 0) is 92.7 Å². The Morgan fingerprint density at radius 3 is 2.61 bits per heavy atom. The predicted octanol–water partition coefficient (Wildman–Crippen LogP) is 6.80. The smallest absolute Gasteiger partial charge is 0.253 e. The number of fused-ring (bicyclic) bond motifs is 2. The number of likely N-dealkylation sites (tertiary alicyclic amines) is 1. The van der Waals surface area contributed by atoms with Crippen molar-refractivity contribution in [3.05, 3.63) is 72.0 Å². The minimum atomic E-state index is -0.216. The lowest BCUT2D eigenvalue weighted by Gasteiger charge is -2.32. The summed E-state index contributed by atoms with van der Waals surface area (Å²) in [5.74, 6) is 3.62. The van der Waals surface area contributed by atoms with Crippen LogP contribution in [0.2, 0.25) is 0 Å². The van der Waals surface area contributed by atoms with Gasteiger partial charge in [0, 0.05) is 12.6 Å². The predicted molar refractivity (Wildman–Crippen MR) is 152 cm³/mol. The topological polar surface area (TPSA) is 56.4 Å². The van der Waals surface area contributed by atoms with Crippen molar-refractivity contribution in [3.8, 4) is 11.5 Å². The van der Waals surface area contributed by atoms with Gasteiger partial charge in [0.1, 0.15) is 23.7 Å². The van der Waals surface area contributed by atoms with E-state index in [1.165, 1.54) is 29.2 Å². The first-order chi connectivity index (χ1) is 18.5. The molecule has 6 heteroatoms. The van der Waals surface area contributed by atoms with E-state index >= 15 is 0 Å². The highest BCUT2D eigenvalue weighted by molar-refractivity contribution is 5.98. The third-order valence-corrected chi connectivity index (χ3v) is 7.71. The Balaban J connectivity index is 1.00. The third kappa shape index (κ3) is 5.23. The van der Waals surface area contributed by atoms with E-state index in [0.717, 1.165) is 48.5 Å². The number of rotatable bonds is 8. The van der Waals surface area contributed by atoms with Crippen LogP contribution in [-0.4, -0.2) is 56.3 Å². The molecular weight excluding hydrogens is 476 g/mol. The summed E-state index contributed by atoms with van der Waals surface area (Å²) in [5.41, 5.74) is 2.03. The molecule has 1 fully saturated rings. The zero-order valence-electron chi connectivity index (χ0n) is 22.5. The highest BCUT2D eigenvalue weighted by atomic mass is 16.5. The number of ether oxygens (including phenoxy) is 3. The number of hydrogen-bond donors (Lipinski definition) is 0. The van der Waals surface area contributed by atoms with Gasteiger partial charge in [-0.1, -0.05) is 30.3 Å². The van der Waals surface area contributed by atoms with E-state index in [-0.39, 0.29) is 5.54 Å². The average Bonchev–Trinajstić information content (AvgIpc) is 3.54. The molecule has 38 heavy (non-hydrogen) atoms. The maximum atomic E-state index is 6.20. The maximum absolute atomic E-state index is 6.20. The van der Waals surface area contributed by atoms with Crippen LogP contribution >= 0.6 is 0 Å². The maximum Gasteiger partial charge on any atom is 0.253 e. The van der Waals surface area contributed by atoms with Crippen LogP contribution in [0.5, 0.6) is 11.5 Å². The standard InChI is InChI=1S/C32H36N2O4/c1-32(2)21-37-31(33-32)30-20-27-28(6-4-7-29(27)38-30)36-17-5-14-34-15-12-22(13-16-34)23-8-9-25-19-26(35-3)11-10-24(25)18-23/h4,6-11,18-20,22H,5,12-17,21H2,1-3H3. The first kappa shape index (κ1) is 24.8. The molecule has 1 saturated heterocycles. The van der Waals surface area contributed by atoms with E-state index in [2.05, 4.69) is 54.1 Å². The van der Waals surface area contributed by atoms with E-state index in [9.17, 15) is 0 Å². The average molecular weight is 513 g/mol. The summed E-state index contributed by atoms with van der Waals surface area (Å²) in [4.78, 5) is 7.21. The van der Waals surface area contributed by atoms with E-state index in [1.54, 1.807) is 7.11 Å². The molecule has 3 heterocycles. The van der Waals surface area contributed by atoms with Crippen molar-refractivity contribution < 1.29 is 18.6 Å². The van der Waals surface area contributed by atoms with Crippen LogP contribution in [0.25, 0.3) is 21.7 Å². The van der Waals surface area contributed by atoms with Gasteiger partial charge < -0.3 is 23.5 Å². The Morgan fingerprint density at radius 2 is 1.82 bits per heavy atom. The summed E-state index contributed by atoms with van der Waals surface area (Å²) in [5, 5.41) is 3.49. The van der Waals surface area contributed by atoms with Crippen molar-refractivity contribution in [1.29, 1.82) is 0 Å². The van der Waals surface area contributed by atoms with Gasteiger partial charge in [-0.25, -0.2) is 4.99 Å². The van der Waals surface area contributed by atoms with Crippen molar-refractivity contribution in [3.63, 3.8) is 0 Å².